The van der Waals surface area contributed by atoms with Crippen LogP contribution in [0.4, 0.5) is 0 Å². The number of nitrogens with one attached hydrogen (secondary N) is 1. The van der Waals surface area contributed by atoms with Gasteiger partial charge in [-0.3, -0.25) is 4.79 Å². The highest BCUT2D eigenvalue weighted by molar-refractivity contribution is 6.31. The summed E-state index contributed by atoms with van der Waals surface area (Å²) in [6, 6.07) is 14.5. The fourth-order valence-electron chi connectivity index (χ4n) is 5.30. The van der Waals surface area contributed by atoms with Crippen molar-refractivity contribution in [3.8, 4) is 0 Å². The van der Waals surface area contributed by atoms with Crippen LogP contribution in [0.15, 0.2) is 42.5 Å². The maximum absolute atomic E-state index is 11.9. The highest BCUT2D eigenvalue weighted by Gasteiger charge is 2.28. The number of benzene rings is 2. The Morgan fingerprint density at radius 1 is 1.14 bits per heavy atom. The summed E-state index contributed by atoms with van der Waals surface area (Å²) in [6.07, 6.45) is 3.99. The topological polar surface area (TPSA) is 67.8 Å². The predicted molar refractivity (Wildman–Crippen MR) is 145 cm³/mol. The summed E-state index contributed by atoms with van der Waals surface area (Å²) in [5.74, 6) is 0.390. The molecular weight excluding hydrogens is 474 g/mol. The van der Waals surface area contributed by atoms with Crippen molar-refractivity contribution in [2.24, 2.45) is 5.92 Å². The second-order valence-electron chi connectivity index (χ2n) is 10.5. The van der Waals surface area contributed by atoms with Crippen molar-refractivity contribution < 1.29 is 19.4 Å². The molecule has 1 aliphatic carbocycles. The number of ether oxygens (including phenoxy) is 2. The van der Waals surface area contributed by atoms with Crippen molar-refractivity contribution in [1.29, 1.82) is 0 Å². The second-order valence-corrected chi connectivity index (χ2v) is 10.9. The standard InChI is InChI=1S/C30H42ClNO4/c1-5-28(26-12-9-13-27(31)25(26)14-15-29(34)35-6-2)36-20-24(33)19-32-30(3,4)18-21-16-22-10-7-8-11-23(22)17-21/h7-13,21,24,28,32-33H,5-6,14-20H2,1-4H3/t24-,28-/m1/s1. The maximum Gasteiger partial charge on any atom is 0.306 e. The van der Waals surface area contributed by atoms with Gasteiger partial charge in [-0.2, -0.15) is 0 Å². The lowest BCUT2D eigenvalue weighted by atomic mass is 9.88. The van der Waals surface area contributed by atoms with Crippen LogP contribution < -0.4 is 5.32 Å². The van der Waals surface area contributed by atoms with Gasteiger partial charge in [-0.05, 0) is 87.1 Å². The number of fused-ring (bicyclic) bond motifs is 1. The Balaban J connectivity index is 1.50. The number of rotatable bonds is 14. The molecule has 3 rings (SSSR count). The van der Waals surface area contributed by atoms with E-state index in [0.717, 1.165) is 36.8 Å². The van der Waals surface area contributed by atoms with Gasteiger partial charge in [-0.15, -0.1) is 0 Å². The zero-order valence-electron chi connectivity index (χ0n) is 22.2. The molecule has 36 heavy (non-hydrogen) atoms. The molecule has 2 aromatic rings. The summed E-state index contributed by atoms with van der Waals surface area (Å²) in [6.45, 7) is 9.32. The van der Waals surface area contributed by atoms with Gasteiger partial charge in [0.25, 0.3) is 0 Å². The van der Waals surface area contributed by atoms with Crippen molar-refractivity contribution in [2.75, 3.05) is 19.8 Å². The van der Waals surface area contributed by atoms with Gasteiger partial charge < -0.3 is 19.9 Å². The molecule has 0 spiro atoms. The third kappa shape index (κ3) is 8.31. The number of hydrogen-bond acceptors (Lipinski definition) is 5. The van der Waals surface area contributed by atoms with E-state index in [4.69, 9.17) is 21.1 Å². The number of β-amino-alcohol motifs (C(OH)–C–C–N with tert-alkyl or cyclic N) is 1. The first-order valence-electron chi connectivity index (χ1n) is 13.3. The molecule has 0 fully saturated rings. The monoisotopic (exact) mass is 515 g/mol. The molecule has 5 nitrogen and oxygen atoms in total. The van der Waals surface area contributed by atoms with Crippen molar-refractivity contribution in [3.05, 3.63) is 69.7 Å². The average Bonchev–Trinajstić information content (AvgIpc) is 3.24. The Labute approximate surface area is 221 Å². The predicted octanol–water partition coefficient (Wildman–Crippen LogP) is 5.84. The number of halogens is 1. The van der Waals surface area contributed by atoms with Gasteiger partial charge in [0, 0.05) is 23.5 Å². The Hall–Kier alpha value is -1.92. The number of hydrogen-bond donors (Lipinski definition) is 2. The Morgan fingerprint density at radius 2 is 1.83 bits per heavy atom. The molecule has 0 saturated carbocycles. The minimum atomic E-state index is -0.624. The molecule has 0 bridgehead atoms. The molecular formula is C30H42ClNO4. The smallest absolute Gasteiger partial charge is 0.306 e. The third-order valence-electron chi connectivity index (χ3n) is 7.00. The normalized spacial score (nSPS) is 15.5. The van der Waals surface area contributed by atoms with Crippen LogP contribution in [0.5, 0.6) is 0 Å². The van der Waals surface area contributed by atoms with Crippen molar-refractivity contribution >= 4 is 17.6 Å². The summed E-state index contributed by atoms with van der Waals surface area (Å²) in [4.78, 5) is 11.9. The summed E-state index contributed by atoms with van der Waals surface area (Å²) in [5, 5.41) is 14.9. The van der Waals surface area contributed by atoms with Crippen LogP contribution in [-0.2, 0) is 33.5 Å². The highest BCUT2D eigenvalue weighted by Crippen LogP contribution is 2.32. The number of carbonyl (C=O) groups excluding carboxylic acids is 1. The van der Waals surface area contributed by atoms with Crippen LogP contribution >= 0.6 is 11.6 Å². The quantitative estimate of drug-likeness (QED) is 0.309. The number of aliphatic hydroxyl groups excluding tert-OH is 1. The molecule has 0 aromatic heterocycles. The van der Waals surface area contributed by atoms with Crippen LogP contribution in [0.2, 0.25) is 5.02 Å². The number of esters is 1. The van der Waals surface area contributed by atoms with E-state index in [1.165, 1.54) is 11.1 Å². The first-order chi connectivity index (χ1) is 17.2. The summed E-state index contributed by atoms with van der Waals surface area (Å²) >= 11 is 6.49. The summed E-state index contributed by atoms with van der Waals surface area (Å²) in [5.41, 5.74) is 4.74. The first-order valence-corrected chi connectivity index (χ1v) is 13.6. The minimum absolute atomic E-state index is 0.0783. The molecule has 1 aliphatic rings. The Bertz CT molecular complexity index is 968. The van der Waals surface area contributed by atoms with Gasteiger partial charge in [0.2, 0.25) is 0 Å². The fourth-order valence-corrected chi connectivity index (χ4v) is 5.57. The SMILES string of the molecule is CCOC(=O)CCc1c(Cl)cccc1[C@@H](CC)OC[C@H](O)CNC(C)(C)CC1Cc2ccccc2C1. The summed E-state index contributed by atoms with van der Waals surface area (Å²) < 4.78 is 11.2. The fraction of sp³-hybridized carbons (Fsp3) is 0.567. The van der Waals surface area contributed by atoms with Gasteiger partial charge in [-0.1, -0.05) is 54.9 Å². The van der Waals surface area contributed by atoms with E-state index in [0.29, 0.717) is 30.5 Å². The first kappa shape index (κ1) is 28.6. The minimum Gasteiger partial charge on any atom is -0.466 e. The molecule has 0 heterocycles. The lowest BCUT2D eigenvalue weighted by Gasteiger charge is -2.31. The largest absolute Gasteiger partial charge is 0.466 e. The van der Waals surface area contributed by atoms with E-state index in [1.54, 1.807) is 6.92 Å². The van der Waals surface area contributed by atoms with E-state index in [1.807, 2.05) is 25.1 Å². The second kappa shape index (κ2) is 13.6. The molecule has 6 heteroatoms. The molecule has 2 N–H and O–H groups in total. The van der Waals surface area contributed by atoms with Crippen molar-refractivity contribution in [2.45, 2.75) is 84.0 Å². The zero-order valence-corrected chi connectivity index (χ0v) is 22.9. The highest BCUT2D eigenvalue weighted by atomic mass is 35.5. The third-order valence-corrected chi connectivity index (χ3v) is 7.35. The number of aliphatic hydroxyl groups is 1. The van der Waals surface area contributed by atoms with E-state index in [9.17, 15) is 9.90 Å². The van der Waals surface area contributed by atoms with Crippen LogP contribution in [-0.4, -0.2) is 42.5 Å². The van der Waals surface area contributed by atoms with E-state index >= 15 is 0 Å². The van der Waals surface area contributed by atoms with Crippen LogP contribution in [0.25, 0.3) is 0 Å². The van der Waals surface area contributed by atoms with E-state index in [-0.39, 0.29) is 30.6 Å². The van der Waals surface area contributed by atoms with Gasteiger partial charge in [0.05, 0.1) is 25.4 Å². The van der Waals surface area contributed by atoms with Crippen LogP contribution in [0.3, 0.4) is 0 Å². The van der Waals surface area contributed by atoms with Gasteiger partial charge in [-0.25, -0.2) is 0 Å². The molecule has 0 amide bonds. The van der Waals surface area contributed by atoms with Crippen LogP contribution in [0, 0.1) is 5.92 Å². The molecule has 0 radical (unpaired) electrons. The lowest BCUT2D eigenvalue weighted by molar-refractivity contribution is -0.143. The zero-order chi connectivity index (χ0) is 26.1. The van der Waals surface area contributed by atoms with E-state index < -0.39 is 6.10 Å². The molecule has 198 valence electrons. The summed E-state index contributed by atoms with van der Waals surface area (Å²) in [7, 11) is 0. The van der Waals surface area contributed by atoms with Gasteiger partial charge >= 0.3 is 5.97 Å². The van der Waals surface area contributed by atoms with Crippen LogP contribution in [0.1, 0.15) is 75.3 Å². The molecule has 0 saturated heterocycles. The molecule has 2 atom stereocenters. The number of carbonyl (C=O) groups is 1. The Morgan fingerprint density at radius 3 is 2.47 bits per heavy atom. The average molecular weight is 516 g/mol. The molecule has 0 unspecified atom stereocenters. The maximum atomic E-state index is 11.9. The lowest BCUT2D eigenvalue weighted by Crippen LogP contribution is -2.45. The molecule has 0 aliphatic heterocycles. The molecule has 2 aromatic carbocycles. The van der Waals surface area contributed by atoms with Gasteiger partial charge in [0.15, 0.2) is 0 Å². The van der Waals surface area contributed by atoms with Gasteiger partial charge in [0.1, 0.15) is 0 Å². The van der Waals surface area contributed by atoms with E-state index in [2.05, 4.69) is 43.4 Å². The van der Waals surface area contributed by atoms with Crippen molar-refractivity contribution in [1.82, 2.24) is 5.32 Å². The van der Waals surface area contributed by atoms with Crippen molar-refractivity contribution in [3.63, 3.8) is 0 Å². The Kier molecular flexibility index (Phi) is 10.8.